The van der Waals surface area contributed by atoms with E-state index in [0.717, 1.165) is 0 Å². The summed E-state index contributed by atoms with van der Waals surface area (Å²) in [5.74, 6) is -1.21. The Morgan fingerprint density at radius 2 is 2.00 bits per heavy atom. The van der Waals surface area contributed by atoms with Gasteiger partial charge in [-0.2, -0.15) is 13.2 Å². The van der Waals surface area contributed by atoms with Crippen molar-refractivity contribution in [3.63, 3.8) is 0 Å². The molecule has 0 fully saturated rings. The van der Waals surface area contributed by atoms with E-state index in [1.807, 2.05) is 0 Å². The van der Waals surface area contributed by atoms with Gasteiger partial charge in [0, 0.05) is 6.42 Å². The summed E-state index contributed by atoms with van der Waals surface area (Å²) < 4.78 is 35.6. The standard InChI is InChI=1S/C9H16F3N3O2/c1-5(2)7(8(13)15-17)14-6(16)3-4-9(10,11)12/h5,7,17H,3-4H2,1-2H3,(H2,13,15)(H,14,16). The second-order valence-corrected chi connectivity index (χ2v) is 3.93. The molecule has 0 bridgehead atoms. The van der Waals surface area contributed by atoms with E-state index in [2.05, 4.69) is 10.5 Å². The number of rotatable bonds is 5. The van der Waals surface area contributed by atoms with Crippen LogP contribution < -0.4 is 11.1 Å². The van der Waals surface area contributed by atoms with E-state index in [-0.39, 0.29) is 11.8 Å². The van der Waals surface area contributed by atoms with Gasteiger partial charge in [0.1, 0.15) is 0 Å². The van der Waals surface area contributed by atoms with Crippen molar-refractivity contribution < 1.29 is 23.2 Å². The molecule has 1 amide bonds. The van der Waals surface area contributed by atoms with E-state index in [1.165, 1.54) is 0 Å². The number of amides is 1. The average Bonchev–Trinajstić information content (AvgIpc) is 2.20. The minimum absolute atomic E-state index is 0.194. The minimum Gasteiger partial charge on any atom is -0.409 e. The Hall–Kier alpha value is -1.47. The third kappa shape index (κ3) is 6.64. The highest BCUT2D eigenvalue weighted by Crippen LogP contribution is 2.21. The zero-order valence-corrected chi connectivity index (χ0v) is 9.58. The third-order valence-corrected chi connectivity index (χ3v) is 2.05. The SMILES string of the molecule is CC(C)C(NC(=O)CCC(F)(F)F)C(N)=NO. The van der Waals surface area contributed by atoms with Crippen LogP contribution in [0.4, 0.5) is 13.2 Å². The van der Waals surface area contributed by atoms with Crippen LogP contribution in [-0.4, -0.2) is 29.2 Å². The molecule has 8 heteroatoms. The molecule has 0 spiro atoms. The third-order valence-electron chi connectivity index (χ3n) is 2.05. The molecule has 0 saturated carbocycles. The summed E-state index contributed by atoms with van der Waals surface area (Å²) >= 11 is 0. The van der Waals surface area contributed by atoms with Crippen molar-refractivity contribution in [1.82, 2.24) is 5.32 Å². The predicted octanol–water partition coefficient (Wildman–Crippen LogP) is 1.22. The molecule has 1 atom stereocenters. The van der Waals surface area contributed by atoms with E-state index < -0.39 is 31.0 Å². The van der Waals surface area contributed by atoms with Gasteiger partial charge in [-0.3, -0.25) is 4.79 Å². The fourth-order valence-corrected chi connectivity index (χ4v) is 1.15. The van der Waals surface area contributed by atoms with Crippen LogP contribution in [0.15, 0.2) is 5.16 Å². The Balaban J connectivity index is 4.33. The summed E-state index contributed by atoms with van der Waals surface area (Å²) in [6.45, 7) is 3.37. The van der Waals surface area contributed by atoms with Gasteiger partial charge >= 0.3 is 6.18 Å². The lowest BCUT2D eigenvalue weighted by atomic mass is 10.0. The van der Waals surface area contributed by atoms with E-state index >= 15 is 0 Å². The van der Waals surface area contributed by atoms with Gasteiger partial charge in [-0.25, -0.2) is 0 Å². The van der Waals surface area contributed by atoms with Crippen molar-refractivity contribution in [2.24, 2.45) is 16.8 Å². The molecule has 4 N–H and O–H groups in total. The fourth-order valence-electron chi connectivity index (χ4n) is 1.15. The normalized spacial score (nSPS) is 14.8. The summed E-state index contributed by atoms with van der Waals surface area (Å²) in [5, 5.41) is 13.5. The van der Waals surface area contributed by atoms with E-state index in [9.17, 15) is 18.0 Å². The molecule has 0 heterocycles. The Bertz CT molecular complexity index is 290. The lowest BCUT2D eigenvalue weighted by molar-refractivity contribution is -0.144. The number of nitrogens with zero attached hydrogens (tertiary/aromatic N) is 1. The van der Waals surface area contributed by atoms with Crippen molar-refractivity contribution in [3.8, 4) is 0 Å². The number of carbonyl (C=O) groups excluding carboxylic acids is 1. The first-order chi connectivity index (χ1) is 7.67. The molecular weight excluding hydrogens is 239 g/mol. The van der Waals surface area contributed by atoms with Crippen LogP contribution in [0.1, 0.15) is 26.7 Å². The number of nitrogens with one attached hydrogen (secondary N) is 1. The Labute approximate surface area is 96.9 Å². The molecule has 0 saturated heterocycles. The van der Waals surface area contributed by atoms with Gasteiger partial charge in [-0.15, -0.1) is 0 Å². The lowest BCUT2D eigenvalue weighted by Crippen LogP contribution is -2.48. The molecule has 0 rings (SSSR count). The smallest absolute Gasteiger partial charge is 0.389 e. The molecule has 0 aliphatic carbocycles. The number of carbonyl (C=O) groups is 1. The van der Waals surface area contributed by atoms with Crippen LogP contribution in [0.2, 0.25) is 0 Å². The Morgan fingerprint density at radius 3 is 2.35 bits per heavy atom. The van der Waals surface area contributed by atoms with Crippen molar-refractivity contribution in [2.45, 2.75) is 38.9 Å². The summed E-state index contributed by atoms with van der Waals surface area (Å²) in [6, 6.07) is -0.777. The number of amidine groups is 1. The monoisotopic (exact) mass is 255 g/mol. The van der Waals surface area contributed by atoms with Crippen LogP contribution in [-0.2, 0) is 4.79 Å². The van der Waals surface area contributed by atoms with Gasteiger partial charge in [0.15, 0.2) is 5.84 Å². The van der Waals surface area contributed by atoms with Gasteiger partial charge in [-0.1, -0.05) is 19.0 Å². The van der Waals surface area contributed by atoms with Gasteiger partial charge in [-0.05, 0) is 5.92 Å². The number of nitrogens with two attached hydrogens (primary N) is 1. The highest BCUT2D eigenvalue weighted by Gasteiger charge is 2.29. The quantitative estimate of drug-likeness (QED) is 0.299. The van der Waals surface area contributed by atoms with Crippen molar-refractivity contribution in [3.05, 3.63) is 0 Å². The Morgan fingerprint density at radius 1 is 1.47 bits per heavy atom. The van der Waals surface area contributed by atoms with Crippen LogP contribution in [0, 0.1) is 5.92 Å². The average molecular weight is 255 g/mol. The van der Waals surface area contributed by atoms with E-state index in [4.69, 9.17) is 10.9 Å². The predicted molar refractivity (Wildman–Crippen MR) is 55.5 cm³/mol. The molecule has 0 aromatic rings. The molecule has 5 nitrogen and oxygen atoms in total. The Kier molecular flexibility index (Phi) is 5.77. The molecule has 0 radical (unpaired) electrons. The van der Waals surface area contributed by atoms with Crippen LogP contribution >= 0.6 is 0 Å². The van der Waals surface area contributed by atoms with Crippen LogP contribution in [0.25, 0.3) is 0 Å². The first kappa shape index (κ1) is 15.5. The number of hydrogen-bond acceptors (Lipinski definition) is 3. The number of halogens is 3. The maximum absolute atomic E-state index is 11.9. The molecule has 0 aromatic heterocycles. The molecule has 0 aliphatic heterocycles. The minimum atomic E-state index is -4.37. The van der Waals surface area contributed by atoms with E-state index in [1.54, 1.807) is 13.8 Å². The second-order valence-electron chi connectivity index (χ2n) is 3.93. The largest absolute Gasteiger partial charge is 0.409 e. The van der Waals surface area contributed by atoms with Gasteiger partial charge in [0.25, 0.3) is 0 Å². The summed E-state index contributed by atoms with van der Waals surface area (Å²) in [6.07, 6.45) is -6.24. The second kappa shape index (κ2) is 6.31. The molecule has 0 aliphatic rings. The molecular formula is C9H16F3N3O2. The van der Waals surface area contributed by atoms with Crippen molar-refractivity contribution in [1.29, 1.82) is 0 Å². The first-order valence-corrected chi connectivity index (χ1v) is 5.01. The van der Waals surface area contributed by atoms with Gasteiger partial charge in [0.05, 0.1) is 12.5 Å². The zero-order valence-electron chi connectivity index (χ0n) is 9.58. The number of alkyl halides is 3. The fraction of sp³-hybridized carbons (Fsp3) is 0.778. The highest BCUT2D eigenvalue weighted by molar-refractivity contribution is 5.90. The van der Waals surface area contributed by atoms with Gasteiger partial charge in [0.2, 0.25) is 5.91 Å². The van der Waals surface area contributed by atoms with Crippen LogP contribution in [0.5, 0.6) is 0 Å². The molecule has 100 valence electrons. The number of oxime groups is 1. The maximum Gasteiger partial charge on any atom is 0.389 e. The zero-order chi connectivity index (χ0) is 13.6. The topological polar surface area (TPSA) is 87.7 Å². The van der Waals surface area contributed by atoms with Crippen molar-refractivity contribution in [2.75, 3.05) is 0 Å². The maximum atomic E-state index is 11.9. The summed E-state index contributed by atoms with van der Waals surface area (Å²) in [5.41, 5.74) is 5.31. The molecule has 0 aromatic carbocycles. The molecule has 17 heavy (non-hydrogen) atoms. The van der Waals surface area contributed by atoms with Gasteiger partial charge < -0.3 is 16.3 Å². The van der Waals surface area contributed by atoms with Crippen LogP contribution in [0.3, 0.4) is 0 Å². The molecule has 1 unspecified atom stereocenters. The number of hydrogen-bond donors (Lipinski definition) is 3. The van der Waals surface area contributed by atoms with E-state index in [0.29, 0.717) is 0 Å². The lowest BCUT2D eigenvalue weighted by Gasteiger charge is -2.21. The van der Waals surface area contributed by atoms with Crippen molar-refractivity contribution >= 4 is 11.7 Å². The summed E-state index contributed by atoms with van der Waals surface area (Å²) in [7, 11) is 0. The highest BCUT2D eigenvalue weighted by atomic mass is 19.4. The summed E-state index contributed by atoms with van der Waals surface area (Å²) in [4.78, 5) is 11.2. The first-order valence-electron chi connectivity index (χ1n) is 5.01.